The second-order valence-electron chi connectivity index (χ2n) is 6.98. The maximum absolute atomic E-state index is 12.4. The van der Waals surface area contributed by atoms with Gasteiger partial charge in [-0.15, -0.1) is 23.1 Å². The maximum Gasteiger partial charge on any atom is 0.424 e. The van der Waals surface area contributed by atoms with Gasteiger partial charge < -0.3 is 10.5 Å². The lowest BCUT2D eigenvalue weighted by Gasteiger charge is -2.26. The molecular formula is C18H24N2O4S3. The first-order valence-corrected chi connectivity index (χ1v) is 11.9. The molecule has 0 spiro atoms. The largest absolute Gasteiger partial charge is 0.443 e. The highest BCUT2D eigenvalue weighted by Gasteiger charge is 2.30. The van der Waals surface area contributed by atoms with E-state index in [1.165, 1.54) is 23.1 Å². The van der Waals surface area contributed by atoms with E-state index >= 15 is 0 Å². The molecule has 2 aromatic rings. The zero-order valence-electron chi connectivity index (χ0n) is 15.8. The zero-order valence-corrected chi connectivity index (χ0v) is 18.2. The Labute approximate surface area is 168 Å². The third-order valence-electron chi connectivity index (χ3n) is 3.38. The Bertz CT molecular complexity index is 887. The minimum Gasteiger partial charge on any atom is -0.443 e. The van der Waals surface area contributed by atoms with Crippen LogP contribution in [-0.2, 0) is 27.1 Å². The van der Waals surface area contributed by atoms with Crippen molar-refractivity contribution in [3.63, 3.8) is 0 Å². The number of carbonyl (C=O) groups is 1. The number of nitrogens with two attached hydrogens (primary N) is 1. The molecule has 0 radical (unpaired) electrons. The molecule has 2 N–H and O–H groups in total. The number of thioether (sulfide) groups is 1. The highest BCUT2D eigenvalue weighted by Crippen LogP contribution is 2.37. The van der Waals surface area contributed by atoms with Crippen molar-refractivity contribution in [3.05, 3.63) is 46.8 Å². The minimum atomic E-state index is -3.80. The summed E-state index contributed by atoms with van der Waals surface area (Å²) in [6.45, 7) is 4.96. The molecule has 1 aromatic heterocycles. The molecule has 2 rings (SSSR count). The molecule has 148 valence electrons. The summed E-state index contributed by atoms with van der Waals surface area (Å²) in [5, 5.41) is 2.38. The highest BCUT2D eigenvalue weighted by atomic mass is 32.2. The van der Waals surface area contributed by atoms with Crippen LogP contribution in [0.15, 0.2) is 40.6 Å². The van der Waals surface area contributed by atoms with Crippen molar-refractivity contribution in [1.82, 2.24) is 4.31 Å². The summed E-state index contributed by atoms with van der Waals surface area (Å²) in [4.78, 5) is 13.2. The summed E-state index contributed by atoms with van der Waals surface area (Å²) in [7, 11) is -3.80. The van der Waals surface area contributed by atoms with Crippen LogP contribution in [-0.4, -0.2) is 30.7 Å². The smallest absolute Gasteiger partial charge is 0.424 e. The molecule has 0 atom stereocenters. The molecule has 0 bridgehead atoms. The molecule has 0 aliphatic heterocycles. The summed E-state index contributed by atoms with van der Waals surface area (Å²) in [5.74, 6) is 0.695. The third kappa shape index (κ3) is 6.44. The van der Waals surface area contributed by atoms with Gasteiger partial charge in [0.25, 0.3) is 0 Å². The Morgan fingerprint density at radius 3 is 2.44 bits per heavy atom. The minimum absolute atomic E-state index is 0.113. The van der Waals surface area contributed by atoms with Gasteiger partial charge in [-0.2, -0.15) is 0 Å². The van der Waals surface area contributed by atoms with Crippen LogP contribution in [0, 0.1) is 0 Å². The fraction of sp³-hybridized carbons (Fsp3) is 0.389. The average Bonchev–Trinajstić information content (AvgIpc) is 2.88. The number of thiophene rings is 1. The number of anilines is 1. The average molecular weight is 429 g/mol. The lowest BCUT2D eigenvalue weighted by Crippen LogP contribution is -2.39. The lowest BCUT2D eigenvalue weighted by atomic mass is 10.2. The normalized spacial score (nSPS) is 12.0. The molecule has 0 saturated heterocycles. The number of nitrogen functional groups attached to an aromatic ring is 1. The van der Waals surface area contributed by atoms with Crippen LogP contribution in [0.5, 0.6) is 0 Å². The molecule has 0 aliphatic rings. The molecule has 0 fully saturated rings. The monoisotopic (exact) mass is 428 g/mol. The van der Waals surface area contributed by atoms with E-state index in [-0.39, 0.29) is 6.54 Å². The first-order chi connectivity index (χ1) is 12.5. The topological polar surface area (TPSA) is 89.7 Å². The fourth-order valence-electron chi connectivity index (χ4n) is 2.19. The van der Waals surface area contributed by atoms with Gasteiger partial charge in [-0.1, -0.05) is 30.3 Å². The Morgan fingerprint density at radius 1 is 1.26 bits per heavy atom. The van der Waals surface area contributed by atoms with Crippen molar-refractivity contribution >= 4 is 44.2 Å². The molecule has 6 nitrogen and oxygen atoms in total. The van der Waals surface area contributed by atoms with Crippen LogP contribution in [0.3, 0.4) is 0 Å². The van der Waals surface area contributed by atoms with Crippen molar-refractivity contribution in [2.24, 2.45) is 0 Å². The Morgan fingerprint density at radius 2 is 1.89 bits per heavy atom. The van der Waals surface area contributed by atoms with Crippen molar-refractivity contribution < 1.29 is 17.9 Å². The standard InChI is InChI=1S/C18H24N2O4S3/c1-18(2,3)24-17(21)20(27(4,22)23)10-14-12-26-16(19)15(14)25-11-13-8-6-5-7-9-13/h5-9,12H,10-11,19H2,1-4H3. The molecular weight excluding hydrogens is 404 g/mol. The molecule has 0 unspecified atom stereocenters. The summed E-state index contributed by atoms with van der Waals surface area (Å²) in [6, 6.07) is 9.89. The van der Waals surface area contributed by atoms with Gasteiger partial charge in [0.1, 0.15) is 5.60 Å². The first kappa shape index (κ1) is 21.6. The summed E-state index contributed by atoms with van der Waals surface area (Å²) in [6.07, 6.45) is 0.0949. The van der Waals surface area contributed by atoms with Crippen LogP contribution in [0.2, 0.25) is 0 Å². The predicted molar refractivity (Wildman–Crippen MR) is 111 cm³/mol. The van der Waals surface area contributed by atoms with Crippen molar-refractivity contribution in [2.45, 2.75) is 43.6 Å². The van der Waals surface area contributed by atoms with E-state index in [0.717, 1.165) is 21.0 Å². The van der Waals surface area contributed by atoms with Gasteiger partial charge in [0.15, 0.2) is 0 Å². The van der Waals surface area contributed by atoms with Gasteiger partial charge in [-0.05, 0) is 37.3 Å². The molecule has 9 heteroatoms. The van der Waals surface area contributed by atoms with Crippen LogP contribution >= 0.6 is 23.1 Å². The zero-order chi connectivity index (χ0) is 20.2. The van der Waals surface area contributed by atoms with E-state index in [1.807, 2.05) is 30.3 Å². The number of ether oxygens (including phenoxy) is 1. The van der Waals surface area contributed by atoms with Crippen molar-refractivity contribution in [2.75, 3.05) is 12.0 Å². The second kappa shape index (κ2) is 8.53. The number of hydrogen-bond donors (Lipinski definition) is 1. The Kier molecular flexibility index (Phi) is 6.82. The molecule has 0 aliphatic carbocycles. The maximum atomic E-state index is 12.4. The van der Waals surface area contributed by atoms with E-state index in [0.29, 0.717) is 16.3 Å². The lowest BCUT2D eigenvalue weighted by molar-refractivity contribution is 0.0382. The van der Waals surface area contributed by atoms with Crippen LogP contribution in [0.25, 0.3) is 0 Å². The third-order valence-corrected chi connectivity index (χ3v) is 6.70. The number of carbonyl (C=O) groups excluding carboxylic acids is 1. The van der Waals surface area contributed by atoms with E-state index in [1.54, 1.807) is 26.2 Å². The van der Waals surface area contributed by atoms with E-state index in [2.05, 4.69) is 0 Å². The van der Waals surface area contributed by atoms with Gasteiger partial charge in [0.2, 0.25) is 10.0 Å². The molecule has 27 heavy (non-hydrogen) atoms. The molecule has 1 aromatic carbocycles. The fourth-order valence-corrected chi connectivity index (χ4v) is 4.92. The number of amides is 1. The van der Waals surface area contributed by atoms with E-state index in [4.69, 9.17) is 10.5 Å². The summed E-state index contributed by atoms with van der Waals surface area (Å²) in [5.41, 5.74) is 7.11. The Balaban J connectivity index is 2.22. The molecule has 1 amide bonds. The van der Waals surface area contributed by atoms with Crippen LogP contribution in [0.1, 0.15) is 31.9 Å². The van der Waals surface area contributed by atoms with Crippen LogP contribution in [0.4, 0.5) is 9.80 Å². The van der Waals surface area contributed by atoms with E-state index in [9.17, 15) is 13.2 Å². The van der Waals surface area contributed by atoms with Gasteiger partial charge in [-0.25, -0.2) is 17.5 Å². The number of benzene rings is 1. The van der Waals surface area contributed by atoms with Crippen molar-refractivity contribution in [1.29, 1.82) is 0 Å². The molecule has 1 heterocycles. The molecule has 0 saturated carbocycles. The second-order valence-corrected chi connectivity index (χ2v) is 10.8. The number of hydrogen-bond acceptors (Lipinski definition) is 7. The van der Waals surface area contributed by atoms with Gasteiger partial charge in [-0.3, -0.25) is 0 Å². The van der Waals surface area contributed by atoms with E-state index < -0.39 is 21.7 Å². The Hall–Kier alpha value is -1.71. The number of rotatable bonds is 6. The summed E-state index contributed by atoms with van der Waals surface area (Å²) < 4.78 is 30.3. The summed E-state index contributed by atoms with van der Waals surface area (Å²) >= 11 is 2.85. The quantitative estimate of drug-likeness (QED) is 0.689. The van der Waals surface area contributed by atoms with Gasteiger partial charge >= 0.3 is 6.09 Å². The van der Waals surface area contributed by atoms with Crippen LogP contribution < -0.4 is 5.73 Å². The first-order valence-electron chi connectivity index (χ1n) is 8.20. The number of sulfonamides is 1. The van der Waals surface area contributed by atoms with Crippen molar-refractivity contribution in [3.8, 4) is 0 Å². The SMILES string of the molecule is CC(C)(C)OC(=O)N(Cc1csc(N)c1SCc1ccccc1)S(C)(=O)=O. The number of nitrogens with zero attached hydrogens (tertiary/aromatic N) is 1. The van der Waals surface area contributed by atoms with Gasteiger partial charge in [0.05, 0.1) is 17.8 Å². The predicted octanol–water partition coefficient (Wildman–Crippen LogP) is 4.32. The van der Waals surface area contributed by atoms with Gasteiger partial charge in [0, 0.05) is 10.6 Å². The highest BCUT2D eigenvalue weighted by molar-refractivity contribution is 7.99.